The number of carbonyl (C=O) groups is 2. The van der Waals surface area contributed by atoms with Crippen molar-refractivity contribution in [3.63, 3.8) is 0 Å². The number of carboxylic acids is 1. The van der Waals surface area contributed by atoms with E-state index in [9.17, 15) is 9.59 Å². The van der Waals surface area contributed by atoms with E-state index < -0.39 is 17.9 Å². The van der Waals surface area contributed by atoms with Gasteiger partial charge in [0.2, 0.25) is 5.91 Å². The fourth-order valence-corrected chi connectivity index (χ4v) is 1.67. The molecule has 0 saturated heterocycles. The molecule has 0 spiro atoms. The molecule has 0 aromatic carbocycles. The van der Waals surface area contributed by atoms with Crippen molar-refractivity contribution in [1.29, 1.82) is 0 Å². The Hall–Kier alpha value is -1.78. The van der Waals surface area contributed by atoms with Crippen LogP contribution in [0, 0.1) is 5.92 Å². The van der Waals surface area contributed by atoms with E-state index in [4.69, 9.17) is 10.8 Å². The first-order valence-corrected chi connectivity index (χ1v) is 5.11. The second kappa shape index (κ2) is 4.83. The van der Waals surface area contributed by atoms with Gasteiger partial charge in [-0.25, -0.2) is 4.79 Å². The van der Waals surface area contributed by atoms with Crippen LogP contribution in [0.1, 0.15) is 20.3 Å². The number of primary amides is 1. The monoisotopic (exact) mass is 224 g/mol. The molecule has 0 aliphatic carbocycles. The van der Waals surface area contributed by atoms with Crippen molar-refractivity contribution in [1.82, 2.24) is 4.90 Å². The maximum atomic E-state index is 11.1. The number of carboxylic acid groups (broad SMARTS) is 1. The van der Waals surface area contributed by atoms with Crippen LogP contribution in [-0.4, -0.2) is 27.9 Å². The molecular weight excluding hydrogens is 208 g/mol. The van der Waals surface area contributed by atoms with Crippen LogP contribution in [0.5, 0.6) is 0 Å². The largest absolute Gasteiger partial charge is 0.480 e. The Kier molecular flexibility index (Phi) is 3.71. The van der Waals surface area contributed by atoms with Crippen molar-refractivity contribution in [3.05, 3.63) is 24.0 Å². The van der Waals surface area contributed by atoms with Crippen molar-refractivity contribution < 1.29 is 14.7 Å². The lowest BCUT2D eigenvalue weighted by atomic mass is 10.0. The van der Waals surface area contributed by atoms with Crippen LogP contribution in [-0.2, 0) is 9.59 Å². The van der Waals surface area contributed by atoms with Crippen LogP contribution >= 0.6 is 0 Å². The topological polar surface area (TPSA) is 83.6 Å². The highest BCUT2D eigenvalue weighted by Crippen LogP contribution is 2.19. The number of rotatable bonds is 4. The Morgan fingerprint density at radius 1 is 1.50 bits per heavy atom. The molecule has 3 N–H and O–H groups in total. The summed E-state index contributed by atoms with van der Waals surface area (Å²) in [4.78, 5) is 23.6. The molecular formula is C11H16N2O3. The van der Waals surface area contributed by atoms with Crippen LogP contribution in [0.15, 0.2) is 24.0 Å². The lowest BCUT2D eigenvalue weighted by Crippen LogP contribution is -2.40. The van der Waals surface area contributed by atoms with Gasteiger partial charge in [0.1, 0.15) is 6.04 Å². The predicted octanol–water partition coefficient (Wildman–Crippen LogP) is 0.684. The second-order valence-electron chi connectivity index (χ2n) is 4.08. The minimum Gasteiger partial charge on any atom is -0.480 e. The van der Waals surface area contributed by atoms with E-state index in [1.807, 2.05) is 13.8 Å². The number of nitrogens with two attached hydrogens (primary N) is 1. The number of allylic oxidation sites excluding steroid dienone is 1. The zero-order valence-corrected chi connectivity index (χ0v) is 9.38. The smallest absolute Gasteiger partial charge is 0.326 e. The fourth-order valence-electron chi connectivity index (χ4n) is 1.67. The molecule has 88 valence electrons. The molecule has 5 heteroatoms. The van der Waals surface area contributed by atoms with E-state index in [2.05, 4.69) is 0 Å². The van der Waals surface area contributed by atoms with Crippen LogP contribution in [0.4, 0.5) is 0 Å². The Morgan fingerprint density at radius 3 is 2.56 bits per heavy atom. The molecule has 1 unspecified atom stereocenters. The summed E-state index contributed by atoms with van der Waals surface area (Å²) in [7, 11) is 0. The minimum atomic E-state index is -0.915. The molecule has 16 heavy (non-hydrogen) atoms. The van der Waals surface area contributed by atoms with Crippen LogP contribution < -0.4 is 5.73 Å². The summed E-state index contributed by atoms with van der Waals surface area (Å²) in [5.41, 5.74) is 5.59. The number of carbonyl (C=O) groups excluding carboxylic acids is 1. The Bertz CT molecular complexity index is 358. The van der Waals surface area contributed by atoms with Gasteiger partial charge < -0.3 is 15.7 Å². The molecule has 0 fully saturated rings. The van der Waals surface area contributed by atoms with Gasteiger partial charge in [-0.05, 0) is 12.3 Å². The van der Waals surface area contributed by atoms with Gasteiger partial charge in [0.05, 0.1) is 0 Å². The summed E-state index contributed by atoms with van der Waals surface area (Å²) in [5, 5.41) is 9.10. The van der Waals surface area contributed by atoms with Crippen LogP contribution in [0.3, 0.4) is 0 Å². The lowest BCUT2D eigenvalue weighted by Gasteiger charge is -2.29. The highest BCUT2D eigenvalue weighted by atomic mass is 16.4. The first kappa shape index (κ1) is 12.3. The van der Waals surface area contributed by atoms with Crippen LogP contribution in [0.2, 0.25) is 0 Å². The summed E-state index contributed by atoms with van der Waals surface area (Å²) in [6.45, 7) is 3.64. The van der Waals surface area contributed by atoms with Crippen molar-refractivity contribution in [2.24, 2.45) is 11.7 Å². The molecule has 1 aliphatic heterocycles. The minimum absolute atomic E-state index is 0.0642. The van der Waals surface area contributed by atoms with Gasteiger partial charge in [0.15, 0.2) is 0 Å². The molecule has 0 bridgehead atoms. The summed E-state index contributed by atoms with van der Waals surface area (Å²) in [6.07, 6.45) is 5.38. The molecule has 0 radical (unpaired) electrons. The molecule has 1 aliphatic rings. The third kappa shape index (κ3) is 2.62. The van der Waals surface area contributed by atoms with Gasteiger partial charge >= 0.3 is 5.97 Å². The van der Waals surface area contributed by atoms with Gasteiger partial charge in [-0.1, -0.05) is 19.9 Å². The Morgan fingerprint density at radius 2 is 2.12 bits per heavy atom. The standard InChI is InChI=1S/C11H16N2O3/c1-7(2)9(11(15)16)13-5-3-4-8(6-13)10(12)14/h3,5-7,9H,4H2,1-2H3,(H2,12,14)(H,15,16). The molecule has 1 heterocycles. The quantitative estimate of drug-likeness (QED) is 0.735. The predicted molar refractivity (Wildman–Crippen MR) is 59.1 cm³/mol. The Labute approximate surface area is 94.2 Å². The van der Waals surface area contributed by atoms with Gasteiger partial charge in [0, 0.05) is 18.0 Å². The van der Waals surface area contributed by atoms with E-state index in [1.54, 1.807) is 12.3 Å². The SMILES string of the molecule is CC(C)C(C(=O)O)N1C=CCC(C(N)=O)=C1. The molecule has 0 aromatic heterocycles. The van der Waals surface area contributed by atoms with E-state index >= 15 is 0 Å². The third-order valence-electron chi connectivity index (χ3n) is 2.44. The fraction of sp³-hybridized carbons (Fsp3) is 0.455. The number of nitrogens with zero attached hydrogens (tertiary/aromatic N) is 1. The van der Waals surface area contributed by atoms with Crippen LogP contribution in [0.25, 0.3) is 0 Å². The first-order chi connectivity index (χ1) is 7.43. The van der Waals surface area contributed by atoms with Gasteiger partial charge in [-0.2, -0.15) is 0 Å². The molecule has 1 atom stereocenters. The normalized spacial score (nSPS) is 17.2. The summed E-state index contributed by atoms with van der Waals surface area (Å²) in [6, 6.07) is -0.675. The van der Waals surface area contributed by atoms with E-state index in [1.165, 1.54) is 11.1 Å². The average molecular weight is 224 g/mol. The number of hydrogen-bond acceptors (Lipinski definition) is 3. The maximum Gasteiger partial charge on any atom is 0.326 e. The van der Waals surface area contributed by atoms with Crippen molar-refractivity contribution in [2.45, 2.75) is 26.3 Å². The molecule has 5 nitrogen and oxygen atoms in total. The van der Waals surface area contributed by atoms with E-state index in [0.29, 0.717) is 12.0 Å². The molecule has 0 aromatic rings. The number of amides is 1. The summed E-state index contributed by atoms with van der Waals surface area (Å²) >= 11 is 0. The molecule has 1 amide bonds. The maximum absolute atomic E-state index is 11.1. The van der Waals surface area contributed by atoms with Gasteiger partial charge in [0.25, 0.3) is 0 Å². The van der Waals surface area contributed by atoms with Gasteiger partial charge in [-0.3, -0.25) is 4.79 Å². The first-order valence-electron chi connectivity index (χ1n) is 5.11. The second-order valence-corrected chi connectivity index (χ2v) is 4.08. The third-order valence-corrected chi connectivity index (χ3v) is 2.44. The van der Waals surface area contributed by atoms with E-state index in [0.717, 1.165) is 0 Å². The summed E-state index contributed by atoms with van der Waals surface area (Å²) < 4.78 is 0. The highest BCUT2D eigenvalue weighted by Gasteiger charge is 2.27. The van der Waals surface area contributed by atoms with Crippen molar-refractivity contribution in [2.75, 3.05) is 0 Å². The summed E-state index contributed by atoms with van der Waals surface area (Å²) in [5.74, 6) is -1.49. The zero-order chi connectivity index (χ0) is 12.3. The lowest BCUT2D eigenvalue weighted by molar-refractivity contribution is -0.143. The Balaban J connectivity index is 2.94. The van der Waals surface area contributed by atoms with Crippen molar-refractivity contribution in [3.8, 4) is 0 Å². The van der Waals surface area contributed by atoms with E-state index in [-0.39, 0.29) is 5.92 Å². The zero-order valence-electron chi connectivity index (χ0n) is 9.38. The van der Waals surface area contributed by atoms with Crippen molar-refractivity contribution >= 4 is 11.9 Å². The highest BCUT2D eigenvalue weighted by molar-refractivity contribution is 5.92. The number of hydrogen-bond donors (Lipinski definition) is 2. The molecule has 1 rings (SSSR count). The number of aliphatic carboxylic acids is 1. The average Bonchev–Trinajstić information content (AvgIpc) is 2.16. The van der Waals surface area contributed by atoms with Gasteiger partial charge in [-0.15, -0.1) is 0 Å². The molecule has 0 saturated carbocycles.